The smallest absolute Gasteiger partial charge is 0.217 e. The molecule has 0 aromatic carbocycles. The largest absolute Gasteiger partial charge is 0.547 e. The normalized spacial score (nSPS) is 40.1. The molecule has 2 aliphatic heterocycles. The van der Waals surface area contributed by atoms with Crippen molar-refractivity contribution in [2.45, 2.75) is 69.0 Å². The van der Waals surface area contributed by atoms with Gasteiger partial charge in [0.15, 0.2) is 0 Å². The van der Waals surface area contributed by atoms with Crippen LogP contribution in [0, 0.1) is 11.8 Å². The van der Waals surface area contributed by atoms with Gasteiger partial charge in [-0.3, -0.25) is 4.79 Å². The first kappa shape index (κ1) is 26.9. The van der Waals surface area contributed by atoms with E-state index in [9.17, 15) is 35.1 Å². The second-order valence-electron chi connectivity index (χ2n) is 8.24. The number of aliphatic carboxylic acids is 1. The number of carboxylic acid groups (broad SMARTS) is 1. The van der Waals surface area contributed by atoms with E-state index in [0.717, 1.165) is 0 Å². The molecule has 5 N–H and O–H groups in total. The van der Waals surface area contributed by atoms with Gasteiger partial charge >= 0.3 is 0 Å². The van der Waals surface area contributed by atoms with Gasteiger partial charge in [0.2, 0.25) is 5.91 Å². The standard InChI is InChI=1S/C20H35NO11/c1-4-10-17(25)18(26)14(32-19(10)20(27)28)8-30-6-11-15(21-9(2)23)13(7-29-3)31-12(5-22)16(11)24/h10-19,22,24-26H,4-8H2,1-3H3,(H,21,23)(H,27,28)/p-1/t10-,11-,12?,13-,14-,15?,16-,17+,18?,19?/m0/s1. The van der Waals surface area contributed by atoms with Crippen molar-refractivity contribution < 1.29 is 54.1 Å². The molecule has 0 spiro atoms. The van der Waals surface area contributed by atoms with Gasteiger partial charge in [-0.25, -0.2) is 0 Å². The number of aliphatic hydroxyl groups excluding tert-OH is 4. The molecule has 0 saturated carbocycles. The highest BCUT2D eigenvalue weighted by molar-refractivity contribution is 5.73. The molecule has 32 heavy (non-hydrogen) atoms. The molecule has 2 aliphatic rings. The average Bonchev–Trinajstić information content (AvgIpc) is 2.74. The van der Waals surface area contributed by atoms with Gasteiger partial charge in [-0.1, -0.05) is 6.92 Å². The Kier molecular flexibility index (Phi) is 10.2. The molecule has 2 fully saturated rings. The maximum absolute atomic E-state index is 11.7. The van der Waals surface area contributed by atoms with Crippen LogP contribution in [0.15, 0.2) is 0 Å². The zero-order valence-electron chi connectivity index (χ0n) is 18.5. The van der Waals surface area contributed by atoms with Crippen molar-refractivity contribution in [3.05, 3.63) is 0 Å². The van der Waals surface area contributed by atoms with Crippen LogP contribution in [0.4, 0.5) is 0 Å². The van der Waals surface area contributed by atoms with Crippen molar-refractivity contribution in [3.8, 4) is 0 Å². The van der Waals surface area contributed by atoms with Crippen LogP contribution in [-0.2, 0) is 28.5 Å². The molecule has 12 heteroatoms. The highest BCUT2D eigenvalue weighted by Gasteiger charge is 2.47. The SMILES string of the molecule is CC[C@@H]1C(C(=O)[O-])O[C@@H](COC[C@H]2C(NC(C)=O)[C@H](COC)OC(CO)[C@H]2O)C(O)[C@@H]1O. The molecule has 0 aromatic heterocycles. The lowest BCUT2D eigenvalue weighted by Gasteiger charge is -2.45. The Morgan fingerprint density at radius 1 is 0.969 bits per heavy atom. The van der Waals surface area contributed by atoms with Gasteiger partial charge in [0.05, 0.1) is 50.6 Å². The monoisotopic (exact) mass is 464 g/mol. The number of aliphatic hydroxyl groups is 4. The summed E-state index contributed by atoms with van der Waals surface area (Å²) < 4.78 is 21.8. The Hall–Kier alpha value is -1.38. The molecule has 0 aromatic rings. The fourth-order valence-electron chi connectivity index (χ4n) is 4.41. The Bertz CT molecular complexity index is 620. The van der Waals surface area contributed by atoms with Gasteiger partial charge in [-0.2, -0.15) is 0 Å². The molecule has 0 bridgehead atoms. The summed E-state index contributed by atoms with van der Waals surface area (Å²) in [5.74, 6) is -3.40. The third-order valence-electron chi connectivity index (χ3n) is 6.09. The fourth-order valence-corrected chi connectivity index (χ4v) is 4.41. The molecule has 12 nitrogen and oxygen atoms in total. The van der Waals surface area contributed by atoms with Crippen LogP contribution in [0.2, 0.25) is 0 Å². The van der Waals surface area contributed by atoms with Crippen LogP contribution in [-0.4, -0.2) is 115 Å². The summed E-state index contributed by atoms with van der Waals surface area (Å²) in [7, 11) is 1.45. The summed E-state index contributed by atoms with van der Waals surface area (Å²) in [6.07, 6.45) is -7.78. The second kappa shape index (κ2) is 12.2. The third-order valence-corrected chi connectivity index (χ3v) is 6.09. The van der Waals surface area contributed by atoms with Gasteiger partial charge in [0.1, 0.15) is 30.5 Å². The predicted octanol–water partition coefficient (Wildman–Crippen LogP) is -3.84. The van der Waals surface area contributed by atoms with Gasteiger partial charge in [0.25, 0.3) is 0 Å². The van der Waals surface area contributed by atoms with E-state index in [1.807, 2.05) is 0 Å². The molecule has 2 heterocycles. The van der Waals surface area contributed by atoms with Gasteiger partial charge < -0.3 is 54.6 Å². The summed E-state index contributed by atoms with van der Waals surface area (Å²) in [6, 6.07) is -0.700. The van der Waals surface area contributed by atoms with Gasteiger partial charge in [-0.05, 0) is 6.42 Å². The van der Waals surface area contributed by atoms with Crippen LogP contribution < -0.4 is 10.4 Å². The molecule has 186 valence electrons. The number of hydrogen-bond acceptors (Lipinski definition) is 11. The quantitative estimate of drug-likeness (QED) is 0.213. The Labute approximate surface area is 186 Å². The minimum Gasteiger partial charge on any atom is -0.547 e. The maximum atomic E-state index is 11.7. The summed E-state index contributed by atoms with van der Waals surface area (Å²) in [5.41, 5.74) is 0. The van der Waals surface area contributed by atoms with Crippen LogP contribution >= 0.6 is 0 Å². The summed E-state index contributed by atoms with van der Waals surface area (Å²) in [5, 5.41) is 55.0. The van der Waals surface area contributed by atoms with E-state index in [-0.39, 0.29) is 32.1 Å². The first-order valence-electron chi connectivity index (χ1n) is 10.7. The van der Waals surface area contributed by atoms with Crippen molar-refractivity contribution in [2.75, 3.05) is 33.5 Å². The second-order valence-corrected chi connectivity index (χ2v) is 8.24. The van der Waals surface area contributed by atoms with Crippen molar-refractivity contribution >= 4 is 11.9 Å². The molecule has 2 saturated heterocycles. The van der Waals surface area contributed by atoms with E-state index >= 15 is 0 Å². The van der Waals surface area contributed by atoms with E-state index in [4.69, 9.17) is 18.9 Å². The van der Waals surface area contributed by atoms with Crippen molar-refractivity contribution in [2.24, 2.45) is 11.8 Å². The first-order chi connectivity index (χ1) is 15.2. The number of nitrogens with one attached hydrogen (secondary N) is 1. The third kappa shape index (κ3) is 6.14. The number of carbonyl (C=O) groups is 2. The molecule has 1 amide bonds. The van der Waals surface area contributed by atoms with Crippen LogP contribution in [0.3, 0.4) is 0 Å². The van der Waals surface area contributed by atoms with E-state index in [1.54, 1.807) is 6.92 Å². The lowest BCUT2D eigenvalue weighted by molar-refractivity contribution is -0.331. The van der Waals surface area contributed by atoms with Gasteiger partial charge in [0, 0.05) is 25.9 Å². The summed E-state index contributed by atoms with van der Waals surface area (Å²) >= 11 is 0. The lowest BCUT2D eigenvalue weighted by Crippen LogP contribution is -2.63. The van der Waals surface area contributed by atoms with E-state index in [2.05, 4.69) is 5.32 Å². The van der Waals surface area contributed by atoms with Crippen molar-refractivity contribution in [3.63, 3.8) is 0 Å². The number of carboxylic acids is 1. The molecule has 4 unspecified atom stereocenters. The highest BCUT2D eigenvalue weighted by Crippen LogP contribution is 2.30. The number of carbonyl (C=O) groups excluding carboxylic acids is 2. The molecule has 0 radical (unpaired) electrons. The van der Waals surface area contributed by atoms with Crippen LogP contribution in [0.1, 0.15) is 20.3 Å². The Morgan fingerprint density at radius 3 is 2.19 bits per heavy atom. The summed E-state index contributed by atoms with van der Waals surface area (Å²) in [4.78, 5) is 23.1. The van der Waals surface area contributed by atoms with E-state index in [1.165, 1.54) is 14.0 Å². The van der Waals surface area contributed by atoms with Crippen LogP contribution in [0.25, 0.3) is 0 Å². The van der Waals surface area contributed by atoms with E-state index in [0.29, 0.717) is 0 Å². The average molecular weight is 464 g/mol. The predicted molar refractivity (Wildman–Crippen MR) is 105 cm³/mol. The van der Waals surface area contributed by atoms with Gasteiger partial charge in [-0.15, -0.1) is 0 Å². The number of methoxy groups -OCH3 is 1. The fraction of sp³-hybridized carbons (Fsp3) is 0.900. The number of amides is 1. The minimum absolute atomic E-state index is 0.0903. The van der Waals surface area contributed by atoms with E-state index < -0.39 is 73.2 Å². The first-order valence-corrected chi connectivity index (χ1v) is 10.7. The number of ether oxygens (including phenoxy) is 4. The number of hydrogen-bond donors (Lipinski definition) is 5. The lowest BCUT2D eigenvalue weighted by atomic mass is 9.84. The zero-order valence-corrected chi connectivity index (χ0v) is 18.5. The Balaban J connectivity index is 2.09. The topological polar surface area (TPSA) is 187 Å². The number of rotatable bonds is 10. The molecule has 10 atom stereocenters. The highest BCUT2D eigenvalue weighted by atomic mass is 16.6. The van der Waals surface area contributed by atoms with Crippen molar-refractivity contribution in [1.29, 1.82) is 0 Å². The zero-order chi connectivity index (χ0) is 24.0. The molecule has 0 aliphatic carbocycles. The minimum atomic E-state index is -1.49. The maximum Gasteiger partial charge on any atom is 0.217 e. The van der Waals surface area contributed by atoms with Crippen molar-refractivity contribution in [1.82, 2.24) is 5.32 Å². The summed E-state index contributed by atoms with van der Waals surface area (Å²) in [6.45, 7) is 2.18. The molecular weight excluding hydrogens is 430 g/mol. The Morgan fingerprint density at radius 2 is 1.66 bits per heavy atom. The molecular formula is C20H34NO11-. The van der Waals surface area contributed by atoms with Crippen LogP contribution in [0.5, 0.6) is 0 Å². The molecule has 2 rings (SSSR count).